The molecular weight excluding hydrogens is 340 g/mol. The van der Waals surface area contributed by atoms with Crippen LogP contribution in [0, 0.1) is 12.8 Å². The van der Waals surface area contributed by atoms with Gasteiger partial charge in [0.15, 0.2) is 6.54 Å². The third-order valence-corrected chi connectivity index (χ3v) is 6.42. The molecular formula is C19H22ClN2OS+. The molecule has 2 aliphatic rings. The number of anilines is 1. The molecule has 2 N–H and O–H groups in total. The number of hydrogen-bond acceptors (Lipinski definition) is 2. The molecule has 2 aromatic rings. The quantitative estimate of drug-likeness (QED) is 0.861. The molecule has 1 aromatic heterocycles. The number of nitrogens with one attached hydrogen (secondary N) is 2. The zero-order valence-corrected chi connectivity index (χ0v) is 15.3. The summed E-state index contributed by atoms with van der Waals surface area (Å²) in [5, 5.41) is 5.80. The first-order chi connectivity index (χ1) is 11.6. The second-order valence-corrected chi connectivity index (χ2v) is 8.39. The second-order valence-electron chi connectivity index (χ2n) is 6.98. The Balaban J connectivity index is 1.47. The van der Waals surface area contributed by atoms with Crippen molar-refractivity contribution in [1.29, 1.82) is 0 Å². The van der Waals surface area contributed by atoms with E-state index in [-0.39, 0.29) is 5.91 Å². The van der Waals surface area contributed by atoms with Crippen LogP contribution in [0.5, 0.6) is 0 Å². The number of fused-ring (bicyclic) bond motifs is 1. The van der Waals surface area contributed by atoms with Gasteiger partial charge < -0.3 is 10.2 Å². The van der Waals surface area contributed by atoms with Gasteiger partial charge in [-0.05, 0) is 48.9 Å². The second kappa shape index (κ2) is 6.51. The summed E-state index contributed by atoms with van der Waals surface area (Å²) in [6.07, 6.45) is 3.69. The molecule has 1 amide bonds. The zero-order valence-electron chi connectivity index (χ0n) is 13.8. The van der Waals surface area contributed by atoms with Crippen LogP contribution in [0.4, 0.5) is 5.69 Å². The van der Waals surface area contributed by atoms with E-state index in [0.29, 0.717) is 23.3 Å². The molecule has 0 radical (unpaired) electrons. The number of quaternary nitrogens is 1. The molecule has 0 bridgehead atoms. The van der Waals surface area contributed by atoms with Crippen molar-refractivity contribution in [3.05, 3.63) is 50.7 Å². The lowest BCUT2D eigenvalue weighted by atomic mass is 9.96. The highest BCUT2D eigenvalue weighted by molar-refractivity contribution is 7.10. The van der Waals surface area contributed by atoms with Crippen molar-refractivity contribution < 1.29 is 9.69 Å². The molecule has 5 heteroatoms. The van der Waals surface area contributed by atoms with Gasteiger partial charge in [-0.15, -0.1) is 11.3 Å². The monoisotopic (exact) mass is 361 g/mol. The van der Waals surface area contributed by atoms with E-state index < -0.39 is 0 Å². The summed E-state index contributed by atoms with van der Waals surface area (Å²) in [5.41, 5.74) is 3.30. The molecule has 0 saturated heterocycles. The first-order valence-corrected chi connectivity index (χ1v) is 9.84. The van der Waals surface area contributed by atoms with Crippen LogP contribution >= 0.6 is 22.9 Å². The van der Waals surface area contributed by atoms with Crippen molar-refractivity contribution in [1.82, 2.24) is 0 Å². The SMILES string of the molecule is Cc1ccc(NC(=O)C[NH+]2CCc3sccc3[C@H]2C2CC2)c(Cl)c1. The minimum absolute atomic E-state index is 0.0556. The Hall–Kier alpha value is -1.36. The standard InChI is InChI=1S/C19H21ClN2OS/c1-12-2-5-16(15(20)10-12)21-18(23)11-22-8-6-17-14(7-9-24-17)19(22)13-3-4-13/h2,5,7,9-10,13,19H,3-4,6,8,11H2,1H3,(H,21,23)/p+1/t19-/m1/s1. The lowest BCUT2D eigenvalue weighted by Crippen LogP contribution is -3.14. The third-order valence-electron chi connectivity index (χ3n) is 5.11. The van der Waals surface area contributed by atoms with Crippen molar-refractivity contribution >= 4 is 34.5 Å². The molecule has 1 aliphatic heterocycles. The van der Waals surface area contributed by atoms with Crippen LogP contribution in [0.3, 0.4) is 0 Å². The van der Waals surface area contributed by atoms with E-state index in [1.807, 2.05) is 36.5 Å². The number of amides is 1. The number of aryl methyl sites for hydroxylation is 1. The molecule has 1 saturated carbocycles. The van der Waals surface area contributed by atoms with Crippen molar-refractivity contribution in [3.8, 4) is 0 Å². The maximum absolute atomic E-state index is 12.6. The topological polar surface area (TPSA) is 33.5 Å². The molecule has 2 atom stereocenters. The van der Waals surface area contributed by atoms with Crippen LogP contribution in [-0.2, 0) is 11.2 Å². The van der Waals surface area contributed by atoms with E-state index in [2.05, 4.69) is 16.8 Å². The van der Waals surface area contributed by atoms with Gasteiger partial charge in [-0.3, -0.25) is 4.79 Å². The van der Waals surface area contributed by atoms with Crippen LogP contribution in [0.2, 0.25) is 5.02 Å². The van der Waals surface area contributed by atoms with E-state index in [9.17, 15) is 4.79 Å². The number of benzene rings is 1. The maximum atomic E-state index is 12.6. The number of halogens is 1. The summed E-state index contributed by atoms with van der Waals surface area (Å²) in [6.45, 7) is 3.55. The zero-order chi connectivity index (χ0) is 16.7. The fourth-order valence-corrected chi connectivity index (χ4v) is 5.03. The van der Waals surface area contributed by atoms with Crippen LogP contribution < -0.4 is 10.2 Å². The average Bonchev–Trinajstić information content (AvgIpc) is 3.26. The minimum atomic E-state index is 0.0556. The molecule has 1 aromatic carbocycles. The van der Waals surface area contributed by atoms with Crippen LogP contribution in [0.1, 0.15) is 34.9 Å². The molecule has 2 heterocycles. The van der Waals surface area contributed by atoms with Gasteiger partial charge in [0.1, 0.15) is 6.04 Å². The lowest BCUT2D eigenvalue weighted by Gasteiger charge is -2.32. The van der Waals surface area contributed by atoms with E-state index in [0.717, 1.165) is 24.4 Å². The van der Waals surface area contributed by atoms with Crippen LogP contribution in [-0.4, -0.2) is 19.0 Å². The smallest absolute Gasteiger partial charge is 0.279 e. The predicted molar refractivity (Wildman–Crippen MR) is 99.0 cm³/mol. The fraction of sp³-hybridized carbons (Fsp3) is 0.421. The van der Waals surface area contributed by atoms with E-state index in [1.54, 1.807) is 0 Å². The number of thiophene rings is 1. The Morgan fingerprint density at radius 3 is 2.96 bits per heavy atom. The molecule has 1 unspecified atom stereocenters. The van der Waals surface area contributed by atoms with Crippen molar-refractivity contribution in [2.75, 3.05) is 18.4 Å². The Morgan fingerprint density at radius 2 is 2.21 bits per heavy atom. The predicted octanol–water partition coefficient (Wildman–Crippen LogP) is 3.24. The lowest BCUT2D eigenvalue weighted by molar-refractivity contribution is -0.928. The molecule has 1 aliphatic carbocycles. The number of carbonyl (C=O) groups is 1. The highest BCUT2D eigenvalue weighted by Crippen LogP contribution is 2.42. The van der Waals surface area contributed by atoms with Crippen LogP contribution in [0.15, 0.2) is 29.6 Å². The van der Waals surface area contributed by atoms with Gasteiger partial charge in [0, 0.05) is 22.8 Å². The summed E-state index contributed by atoms with van der Waals surface area (Å²) in [5.74, 6) is 0.810. The summed E-state index contributed by atoms with van der Waals surface area (Å²) in [4.78, 5) is 15.5. The van der Waals surface area contributed by atoms with Crippen molar-refractivity contribution in [2.24, 2.45) is 5.92 Å². The molecule has 0 spiro atoms. The van der Waals surface area contributed by atoms with Gasteiger partial charge in [0.2, 0.25) is 0 Å². The van der Waals surface area contributed by atoms with E-state index in [1.165, 1.54) is 28.2 Å². The van der Waals surface area contributed by atoms with Gasteiger partial charge in [-0.1, -0.05) is 17.7 Å². The van der Waals surface area contributed by atoms with Crippen molar-refractivity contribution in [3.63, 3.8) is 0 Å². The fourth-order valence-electron chi connectivity index (χ4n) is 3.82. The molecule has 126 valence electrons. The average molecular weight is 362 g/mol. The first kappa shape index (κ1) is 16.1. The number of rotatable bonds is 4. The largest absolute Gasteiger partial charge is 0.320 e. The van der Waals surface area contributed by atoms with Crippen LogP contribution in [0.25, 0.3) is 0 Å². The van der Waals surface area contributed by atoms with E-state index in [4.69, 9.17) is 11.6 Å². The molecule has 24 heavy (non-hydrogen) atoms. The minimum Gasteiger partial charge on any atom is -0.320 e. The Labute approximate surface area is 151 Å². The number of hydrogen-bond donors (Lipinski definition) is 2. The Morgan fingerprint density at radius 1 is 1.38 bits per heavy atom. The van der Waals surface area contributed by atoms with Gasteiger partial charge >= 0.3 is 0 Å². The normalized spacial score (nSPS) is 22.9. The third kappa shape index (κ3) is 3.23. The van der Waals surface area contributed by atoms with Gasteiger partial charge in [-0.25, -0.2) is 0 Å². The summed E-state index contributed by atoms with van der Waals surface area (Å²) >= 11 is 8.11. The Kier molecular flexibility index (Phi) is 4.37. The summed E-state index contributed by atoms with van der Waals surface area (Å²) in [6, 6.07) is 8.52. The van der Waals surface area contributed by atoms with Gasteiger partial charge in [0.25, 0.3) is 5.91 Å². The molecule has 4 rings (SSSR count). The summed E-state index contributed by atoms with van der Waals surface area (Å²) in [7, 11) is 0. The van der Waals surface area contributed by atoms with Crippen molar-refractivity contribution in [2.45, 2.75) is 32.2 Å². The molecule has 1 fully saturated rings. The van der Waals surface area contributed by atoms with Gasteiger partial charge in [0.05, 0.1) is 17.3 Å². The highest BCUT2D eigenvalue weighted by Gasteiger charge is 2.43. The Bertz CT molecular complexity index is 768. The number of carbonyl (C=O) groups excluding carboxylic acids is 1. The van der Waals surface area contributed by atoms with E-state index >= 15 is 0 Å². The van der Waals surface area contributed by atoms with Gasteiger partial charge in [-0.2, -0.15) is 0 Å². The molecule has 3 nitrogen and oxygen atoms in total. The first-order valence-electron chi connectivity index (χ1n) is 8.58. The highest BCUT2D eigenvalue weighted by atomic mass is 35.5. The summed E-state index contributed by atoms with van der Waals surface area (Å²) < 4.78 is 0. The maximum Gasteiger partial charge on any atom is 0.279 e.